The molecule has 0 radical (unpaired) electrons. The van der Waals surface area contributed by atoms with E-state index in [1.54, 1.807) is 40.6 Å². The van der Waals surface area contributed by atoms with Crippen LogP contribution < -0.4 is 14.2 Å². The van der Waals surface area contributed by atoms with Gasteiger partial charge < -0.3 is 18.9 Å². The summed E-state index contributed by atoms with van der Waals surface area (Å²) >= 11 is 0. The zero-order valence-electron chi connectivity index (χ0n) is 11.5. The van der Waals surface area contributed by atoms with E-state index in [4.69, 9.17) is 24.2 Å². The van der Waals surface area contributed by atoms with Crippen LogP contribution in [-0.4, -0.2) is 28.4 Å². The van der Waals surface area contributed by atoms with Crippen molar-refractivity contribution in [1.29, 1.82) is 5.26 Å². The summed E-state index contributed by atoms with van der Waals surface area (Å²) in [7, 11) is 6.23. The third-order valence-electron chi connectivity index (χ3n) is 2.59. The Morgan fingerprint density at radius 2 is 1.79 bits per heavy atom. The molecule has 0 saturated heterocycles. The van der Waals surface area contributed by atoms with Crippen LogP contribution in [0.15, 0.2) is 12.1 Å². The normalized spacial score (nSPS) is 10.3. The summed E-state index contributed by atoms with van der Waals surface area (Å²) in [6.07, 6.45) is 3.07. The van der Waals surface area contributed by atoms with Crippen LogP contribution in [0.25, 0.3) is 6.08 Å². The molecule has 102 valence electrons. The molecule has 0 aliphatic carbocycles. The summed E-state index contributed by atoms with van der Waals surface area (Å²) in [6, 6.07) is 3.74. The molecule has 1 rings (SSSR count). The van der Waals surface area contributed by atoms with Crippen LogP contribution in [0.1, 0.15) is 11.1 Å². The van der Waals surface area contributed by atoms with Gasteiger partial charge in [-0.2, -0.15) is 5.26 Å². The molecule has 19 heavy (non-hydrogen) atoms. The van der Waals surface area contributed by atoms with Gasteiger partial charge in [-0.15, -0.1) is 0 Å². The molecule has 1 aromatic rings. The molecule has 0 amide bonds. The lowest BCUT2D eigenvalue weighted by molar-refractivity contribution is 0.180. The first kappa shape index (κ1) is 14.9. The van der Waals surface area contributed by atoms with Crippen molar-refractivity contribution in [3.63, 3.8) is 0 Å². The highest BCUT2D eigenvalue weighted by Gasteiger charge is 2.19. The van der Waals surface area contributed by atoms with Crippen LogP contribution in [0.5, 0.6) is 17.2 Å². The average Bonchev–Trinajstić information content (AvgIpc) is 2.45. The first-order chi connectivity index (χ1) is 9.23. The van der Waals surface area contributed by atoms with Crippen molar-refractivity contribution in [2.24, 2.45) is 0 Å². The Morgan fingerprint density at radius 1 is 1.11 bits per heavy atom. The number of ether oxygens (including phenoxy) is 4. The molecule has 5 heteroatoms. The third kappa shape index (κ3) is 3.18. The van der Waals surface area contributed by atoms with Gasteiger partial charge >= 0.3 is 0 Å². The largest absolute Gasteiger partial charge is 0.493 e. The SMILES string of the molecule is COCc1c(/C=C/C#N)cc(OC)c(OC)c1OC. The molecule has 0 aliphatic rings. The number of rotatable bonds is 6. The lowest BCUT2D eigenvalue weighted by Crippen LogP contribution is -2.02. The Morgan fingerprint density at radius 3 is 2.26 bits per heavy atom. The number of allylic oxidation sites excluding steroid dienone is 1. The minimum Gasteiger partial charge on any atom is -0.493 e. The number of hydrogen-bond acceptors (Lipinski definition) is 5. The van der Waals surface area contributed by atoms with Crippen molar-refractivity contribution in [2.75, 3.05) is 28.4 Å². The molecule has 0 spiro atoms. The Labute approximate surface area is 113 Å². The van der Waals surface area contributed by atoms with Crippen molar-refractivity contribution < 1.29 is 18.9 Å². The molecule has 0 fully saturated rings. The van der Waals surface area contributed by atoms with Gasteiger partial charge in [0.05, 0.1) is 34.0 Å². The summed E-state index contributed by atoms with van der Waals surface area (Å²) < 4.78 is 21.1. The highest BCUT2D eigenvalue weighted by Crippen LogP contribution is 2.42. The monoisotopic (exact) mass is 263 g/mol. The number of nitriles is 1. The molecule has 0 saturated carbocycles. The van der Waals surface area contributed by atoms with Gasteiger partial charge in [0.25, 0.3) is 0 Å². The third-order valence-corrected chi connectivity index (χ3v) is 2.59. The topological polar surface area (TPSA) is 60.7 Å². The van der Waals surface area contributed by atoms with Crippen molar-refractivity contribution >= 4 is 6.08 Å². The first-order valence-electron chi connectivity index (χ1n) is 5.60. The number of benzene rings is 1. The van der Waals surface area contributed by atoms with Crippen molar-refractivity contribution in [2.45, 2.75) is 6.61 Å². The van der Waals surface area contributed by atoms with E-state index in [9.17, 15) is 0 Å². The van der Waals surface area contributed by atoms with E-state index in [1.165, 1.54) is 6.08 Å². The maximum absolute atomic E-state index is 8.65. The highest BCUT2D eigenvalue weighted by molar-refractivity contribution is 5.68. The average molecular weight is 263 g/mol. The van der Waals surface area contributed by atoms with Gasteiger partial charge in [-0.3, -0.25) is 0 Å². The van der Waals surface area contributed by atoms with Crippen molar-refractivity contribution in [3.8, 4) is 23.3 Å². The van der Waals surface area contributed by atoms with Gasteiger partial charge in [0, 0.05) is 18.7 Å². The van der Waals surface area contributed by atoms with E-state index in [2.05, 4.69) is 0 Å². The summed E-state index contributed by atoms with van der Waals surface area (Å²) in [6.45, 7) is 0.342. The molecule has 0 heterocycles. The van der Waals surface area contributed by atoms with Crippen LogP contribution in [0, 0.1) is 11.3 Å². The molecule has 0 bridgehead atoms. The van der Waals surface area contributed by atoms with E-state index >= 15 is 0 Å². The molecule has 0 aromatic heterocycles. The van der Waals surface area contributed by atoms with Gasteiger partial charge in [-0.25, -0.2) is 0 Å². The summed E-state index contributed by atoms with van der Waals surface area (Å²) in [5, 5.41) is 8.65. The molecule has 1 aromatic carbocycles. The summed E-state index contributed by atoms with van der Waals surface area (Å²) in [5.74, 6) is 1.59. The second-order valence-corrected chi connectivity index (χ2v) is 3.61. The fourth-order valence-electron chi connectivity index (χ4n) is 1.80. The molecule has 0 N–H and O–H groups in total. The van der Waals surface area contributed by atoms with Crippen LogP contribution in [0.2, 0.25) is 0 Å². The predicted octanol–water partition coefficient (Wildman–Crippen LogP) is 2.40. The zero-order valence-corrected chi connectivity index (χ0v) is 11.5. The van der Waals surface area contributed by atoms with Gasteiger partial charge in [-0.1, -0.05) is 0 Å². The van der Waals surface area contributed by atoms with Crippen LogP contribution >= 0.6 is 0 Å². The second kappa shape index (κ2) is 7.29. The molecule has 0 atom stereocenters. The van der Waals surface area contributed by atoms with Crippen LogP contribution in [0.4, 0.5) is 0 Å². The fourth-order valence-corrected chi connectivity index (χ4v) is 1.80. The Kier molecular flexibility index (Phi) is 5.71. The minimum atomic E-state index is 0.342. The minimum absolute atomic E-state index is 0.342. The summed E-state index contributed by atoms with van der Waals surface area (Å²) in [4.78, 5) is 0. The standard InChI is InChI=1S/C14H17NO4/c1-16-9-11-10(6-5-7-15)8-12(17-2)14(19-4)13(11)18-3/h5-6,8H,9H2,1-4H3/b6-5+. The summed E-state index contributed by atoms with van der Waals surface area (Å²) in [5.41, 5.74) is 1.59. The van der Waals surface area contributed by atoms with E-state index in [0.29, 0.717) is 23.9 Å². The molecule has 5 nitrogen and oxygen atoms in total. The Balaban J connectivity index is 3.53. The van der Waals surface area contributed by atoms with E-state index < -0.39 is 0 Å². The predicted molar refractivity (Wildman–Crippen MR) is 71.5 cm³/mol. The fraction of sp³-hybridized carbons (Fsp3) is 0.357. The zero-order chi connectivity index (χ0) is 14.3. The quantitative estimate of drug-likeness (QED) is 0.737. The smallest absolute Gasteiger partial charge is 0.203 e. The van der Waals surface area contributed by atoms with Crippen LogP contribution in [0.3, 0.4) is 0 Å². The van der Waals surface area contributed by atoms with Gasteiger partial charge in [0.15, 0.2) is 11.5 Å². The molecular formula is C14H17NO4. The maximum Gasteiger partial charge on any atom is 0.203 e. The van der Waals surface area contributed by atoms with E-state index in [-0.39, 0.29) is 0 Å². The molecule has 0 unspecified atom stereocenters. The van der Waals surface area contributed by atoms with Gasteiger partial charge in [0.2, 0.25) is 5.75 Å². The van der Waals surface area contributed by atoms with E-state index in [1.807, 2.05) is 6.07 Å². The van der Waals surface area contributed by atoms with Crippen molar-refractivity contribution in [3.05, 3.63) is 23.3 Å². The molecule has 0 aliphatic heterocycles. The Hall–Kier alpha value is -2.19. The van der Waals surface area contributed by atoms with Crippen molar-refractivity contribution in [1.82, 2.24) is 0 Å². The second-order valence-electron chi connectivity index (χ2n) is 3.61. The van der Waals surface area contributed by atoms with Gasteiger partial charge in [0.1, 0.15) is 0 Å². The van der Waals surface area contributed by atoms with Crippen LogP contribution in [-0.2, 0) is 11.3 Å². The highest BCUT2D eigenvalue weighted by atomic mass is 16.5. The maximum atomic E-state index is 8.65. The molecular weight excluding hydrogens is 246 g/mol. The lowest BCUT2D eigenvalue weighted by atomic mass is 10.0. The number of hydrogen-bond donors (Lipinski definition) is 0. The van der Waals surface area contributed by atoms with E-state index in [0.717, 1.165) is 11.1 Å². The number of methoxy groups -OCH3 is 4. The first-order valence-corrected chi connectivity index (χ1v) is 5.60. The number of nitrogens with zero attached hydrogens (tertiary/aromatic N) is 1. The Bertz CT molecular complexity index is 503. The lowest BCUT2D eigenvalue weighted by Gasteiger charge is -2.17. The van der Waals surface area contributed by atoms with Gasteiger partial charge in [-0.05, 0) is 17.7 Å².